The van der Waals surface area contributed by atoms with Gasteiger partial charge in [-0.2, -0.15) is 9.40 Å². The first kappa shape index (κ1) is 14.5. The van der Waals surface area contributed by atoms with Gasteiger partial charge in [0.25, 0.3) is 10.0 Å². The van der Waals surface area contributed by atoms with Crippen LogP contribution in [0, 0.1) is 5.92 Å². The minimum atomic E-state index is -3.40. The van der Waals surface area contributed by atoms with Crippen LogP contribution >= 0.6 is 0 Å². The Balaban J connectivity index is 2.01. The van der Waals surface area contributed by atoms with E-state index in [2.05, 4.69) is 29.4 Å². The van der Waals surface area contributed by atoms with E-state index in [1.165, 1.54) is 12.3 Å². The zero-order chi connectivity index (χ0) is 13.9. The molecule has 0 spiro atoms. The molecule has 1 saturated heterocycles. The Morgan fingerprint density at radius 2 is 2.37 bits per heavy atom. The molecule has 0 saturated carbocycles. The van der Waals surface area contributed by atoms with Crippen molar-refractivity contribution in [1.82, 2.24) is 19.8 Å². The predicted molar refractivity (Wildman–Crippen MR) is 73.2 cm³/mol. The number of piperidine rings is 1. The lowest BCUT2D eigenvalue weighted by Crippen LogP contribution is -2.43. The van der Waals surface area contributed by atoms with Gasteiger partial charge in [-0.25, -0.2) is 8.42 Å². The molecule has 2 N–H and O–H groups in total. The summed E-state index contributed by atoms with van der Waals surface area (Å²) in [5.74, 6) is 0.383. The molecule has 2 heterocycles. The maximum atomic E-state index is 12.4. The zero-order valence-electron chi connectivity index (χ0n) is 11.5. The summed E-state index contributed by atoms with van der Waals surface area (Å²) in [4.78, 5) is 0. The van der Waals surface area contributed by atoms with Gasteiger partial charge in [0, 0.05) is 19.1 Å². The van der Waals surface area contributed by atoms with Crippen LogP contribution in [-0.4, -0.2) is 48.6 Å². The van der Waals surface area contributed by atoms with Crippen LogP contribution in [0.25, 0.3) is 0 Å². The normalized spacial score (nSPS) is 21.9. The molecule has 1 aliphatic rings. The van der Waals surface area contributed by atoms with Crippen molar-refractivity contribution >= 4 is 10.0 Å². The number of nitrogens with zero attached hydrogens (tertiary/aromatic N) is 2. The molecule has 2 rings (SSSR count). The van der Waals surface area contributed by atoms with E-state index in [4.69, 9.17) is 0 Å². The lowest BCUT2D eigenvalue weighted by molar-refractivity contribution is 0.256. The van der Waals surface area contributed by atoms with Crippen LogP contribution in [0.5, 0.6) is 0 Å². The van der Waals surface area contributed by atoms with Gasteiger partial charge in [0.05, 0.1) is 6.20 Å². The minimum Gasteiger partial charge on any atom is -0.314 e. The first-order chi connectivity index (χ1) is 9.00. The molecule has 1 aromatic rings. The summed E-state index contributed by atoms with van der Waals surface area (Å²) in [5.41, 5.74) is 0. The van der Waals surface area contributed by atoms with Gasteiger partial charge >= 0.3 is 0 Å². The van der Waals surface area contributed by atoms with Crippen molar-refractivity contribution in [3.8, 4) is 0 Å². The fraction of sp³-hybridized carbons (Fsp3) is 0.750. The third-order valence-corrected chi connectivity index (χ3v) is 5.18. The number of nitrogens with one attached hydrogen (secondary N) is 2. The number of hydrogen-bond acceptors (Lipinski definition) is 4. The molecule has 0 aliphatic carbocycles. The van der Waals surface area contributed by atoms with E-state index in [-0.39, 0.29) is 5.03 Å². The molecule has 1 fully saturated rings. The van der Waals surface area contributed by atoms with Gasteiger partial charge in [-0.05, 0) is 31.4 Å². The zero-order valence-corrected chi connectivity index (χ0v) is 12.3. The standard InChI is InChI=1S/C12H22N4O2S/c1-10(2)13-8-11-4-3-7-16(9-11)19(17,18)12-5-6-14-15-12/h5-6,10-11,13H,3-4,7-9H2,1-2H3,(H,14,15). The second kappa shape index (κ2) is 6.02. The highest BCUT2D eigenvalue weighted by atomic mass is 32.2. The Morgan fingerprint density at radius 1 is 1.58 bits per heavy atom. The third-order valence-electron chi connectivity index (χ3n) is 3.39. The van der Waals surface area contributed by atoms with Gasteiger partial charge in [-0.15, -0.1) is 0 Å². The number of hydrogen-bond donors (Lipinski definition) is 2. The van der Waals surface area contributed by atoms with Crippen molar-refractivity contribution in [2.24, 2.45) is 5.92 Å². The highest BCUT2D eigenvalue weighted by Gasteiger charge is 2.30. The Kier molecular flexibility index (Phi) is 4.59. The quantitative estimate of drug-likeness (QED) is 0.839. The van der Waals surface area contributed by atoms with Crippen LogP contribution < -0.4 is 5.32 Å². The molecule has 0 amide bonds. The van der Waals surface area contributed by atoms with Crippen molar-refractivity contribution < 1.29 is 8.42 Å². The molecule has 0 aromatic carbocycles. The number of rotatable bonds is 5. The topological polar surface area (TPSA) is 78.1 Å². The number of sulfonamides is 1. The van der Waals surface area contributed by atoms with Crippen molar-refractivity contribution in [2.75, 3.05) is 19.6 Å². The summed E-state index contributed by atoms with van der Waals surface area (Å²) in [5, 5.41) is 9.83. The molecule has 108 valence electrons. The molecule has 1 aromatic heterocycles. The van der Waals surface area contributed by atoms with Crippen LogP contribution in [0.4, 0.5) is 0 Å². The van der Waals surface area contributed by atoms with Gasteiger partial charge in [0.15, 0.2) is 5.03 Å². The van der Waals surface area contributed by atoms with E-state index in [0.29, 0.717) is 25.0 Å². The van der Waals surface area contributed by atoms with Gasteiger partial charge < -0.3 is 5.32 Å². The minimum absolute atomic E-state index is 0.185. The summed E-state index contributed by atoms with van der Waals surface area (Å²) in [6, 6.07) is 1.94. The Morgan fingerprint density at radius 3 is 3.00 bits per heavy atom. The first-order valence-corrected chi connectivity index (χ1v) is 8.17. The molecule has 0 bridgehead atoms. The average molecular weight is 286 g/mol. The number of aromatic nitrogens is 2. The van der Waals surface area contributed by atoms with Gasteiger partial charge in [-0.1, -0.05) is 13.8 Å². The summed E-state index contributed by atoms with van der Waals surface area (Å²) in [6.45, 7) is 6.25. The largest absolute Gasteiger partial charge is 0.314 e. The number of aromatic amines is 1. The lowest BCUT2D eigenvalue weighted by atomic mass is 9.99. The fourth-order valence-electron chi connectivity index (χ4n) is 2.34. The number of H-pyrrole nitrogens is 1. The SMILES string of the molecule is CC(C)NCC1CCCN(S(=O)(=O)c2ccn[nH]2)C1. The second-order valence-corrected chi connectivity index (χ2v) is 7.26. The fourth-order valence-corrected chi connectivity index (χ4v) is 3.80. The molecule has 7 heteroatoms. The van der Waals surface area contributed by atoms with E-state index in [9.17, 15) is 8.42 Å². The Hall–Kier alpha value is -0.920. The second-order valence-electron chi connectivity index (χ2n) is 5.36. The highest BCUT2D eigenvalue weighted by Crippen LogP contribution is 2.22. The maximum Gasteiger partial charge on any atom is 0.259 e. The van der Waals surface area contributed by atoms with Crippen molar-refractivity contribution in [3.05, 3.63) is 12.3 Å². The van der Waals surface area contributed by atoms with Gasteiger partial charge in [-0.3, -0.25) is 5.10 Å². The van der Waals surface area contributed by atoms with E-state index >= 15 is 0 Å². The highest BCUT2D eigenvalue weighted by molar-refractivity contribution is 7.89. The molecular formula is C12H22N4O2S. The van der Waals surface area contributed by atoms with Crippen LogP contribution in [0.3, 0.4) is 0 Å². The van der Waals surface area contributed by atoms with Crippen molar-refractivity contribution in [2.45, 2.75) is 37.8 Å². The van der Waals surface area contributed by atoms with Gasteiger partial charge in [0.2, 0.25) is 0 Å². The first-order valence-electron chi connectivity index (χ1n) is 6.73. The van der Waals surface area contributed by atoms with Crippen molar-refractivity contribution in [1.29, 1.82) is 0 Å². The van der Waals surface area contributed by atoms with E-state index in [1.54, 1.807) is 4.31 Å². The molecule has 0 radical (unpaired) electrons. The molecular weight excluding hydrogens is 264 g/mol. The molecule has 6 nitrogen and oxygen atoms in total. The van der Waals surface area contributed by atoms with Crippen LogP contribution in [0.15, 0.2) is 17.3 Å². The van der Waals surface area contributed by atoms with Crippen LogP contribution in [-0.2, 0) is 10.0 Å². The average Bonchev–Trinajstić information content (AvgIpc) is 2.91. The predicted octanol–water partition coefficient (Wildman–Crippen LogP) is 0.808. The molecule has 19 heavy (non-hydrogen) atoms. The summed E-state index contributed by atoms with van der Waals surface area (Å²) in [6.07, 6.45) is 3.46. The smallest absolute Gasteiger partial charge is 0.259 e. The Labute approximate surface area is 114 Å². The summed E-state index contributed by atoms with van der Waals surface area (Å²) < 4.78 is 26.3. The van der Waals surface area contributed by atoms with E-state index in [0.717, 1.165) is 19.4 Å². The maximum absolute atomic E-state index is 12.4. The third kappa shape index (κ3) is 3.55. The van der Waals surface area contributed by atoms with Gasteiger partial charge in [0.1, 0.15) is 0 Å². The van der Waals surface area contributed by atoms with Crippen LogP contribution in [0.2, 0.25) is 0 Å². The van der Waals surface area contributed by atoms with E-state index in [1.807, 2.05) is 0 Å². The summed E-state index contributed by atoms with van der Waals surface area (Å²) >= 11 is 0. The van der Waals surface area contributed by atoms with Crippen molar-refractivity contribution in [3.63, 3.8) is 0 Å². The monoisotopic (exact) mass is 286 g/mol. The summed E-state index contributed by atoms with van der Waals surface area (Å²) in [7, 11) is -3.40. The lowest BCUT2D eigenvalue weighted by Gasteiger charge is -2.32. The van der Waals surface area contributed by atoms with E-state index < -0.39 is 10.0 Å². The molecule has 1 unspecified atom stereocenters. The molecule has 1 atom stereocenters. The Bertz CT molecular complexity index is 484. The molecule has 1 aliphatic heterocycles. The van der Waals surface area contributed by atoms with Crippen LogP contribution in [0.1, 0.15) is 26.7 Å².